The van der Waals surface area contributed by atoms with Crippen LogP contribution in [0.1, 0.15) is 32.2 Å². The zero-order valence-corrected chi connectivity index (χ0v) is 16.3. The number of para-hydroxylation sites is 1. The second-order valence-corrected chi connectivity index (χ2v) is 7.65. The first-order valence-electron chi connectivity index (χ1n) is 8.66. The zero-order valence-electron chi connectivity index (χ0n) is 15.5. The predicted molar refractivity (Wildman–Crippen MR) is 109 cm³/mol. The molecule has 0 fully saturated rings. The number of ether oxygens (including phenoxy) is 1. The topological polar surface area (TPSA) is 67.0 Å². The molecule has 6 heteroatoms. The number of halogens is 1. The largest absolute Gasteiger partial charge is 0.486 e. The van der Waals surface area contributed by atoms with E-state index in [1.807, 2.05) is 42.5 Å². The van der Waals surface area contributed by atoms with E-state index in [2.05, 4.69) is 36.1 Å². The van der Waals surface area contributed by atoms with Crippen LogP contribution in [-0.2, 0) is 12.0 Å². The molecule has 2 aromatic carbocycles. The number of hydrogen-bond donors (Lipinski definition) is 2. The zero-order chi connectivity index (χ0) is 19.4. The summed E-state index contributed by atoms with van der Waals surface area (Å²) in [5, 5.41) is 3.61. The number of anilines is 2. The van der Waals surface area contributed by atoms with Crippen LogP contribution in [-0.4, -0.2) is 9.97 Å². The maximum atomic E-state index is 11.9. The van der Waals surface area contributed by atoms with E-state index in [4.69, 9.17) is 16.3 Å². The average molecular weight is 384 g/mol. The highest BCUT2D eigenvalue weighted by atomic mass is 35.5. The van der Waals surface area contributed by atoms with Gasteiger partial charge >= 0.3 is 0 Å². The first kappa shape index (κ1) is 19.0. The number of nitrogens with zero attached hydrogens (tertiary/aromatic N) is 1. The molecule has 1 heterocycles. The minimum Gasteiger partial charge on any atom is -0.486 e. The second kappa shape index (κ2) is 7.84. The van der Waals surface area contributed by atoms with E-state index in [1.165, 1.54) is 11.6 Å². The van der Waals surface area contributed by atoms with Crippen molar-refractivity contribution in [2.45, 2.75) is 32.8 Å². The molecule has 0 bridgehead atoms. The van der Waals surface area contributed by atoms with Gasteiger partial charge in [-0.15, -0.1) is 0 Å². The summed E-state index contributed by atoms with van der Waals surface area (Å²) in [6.07, 6.45) is 0. The number of aromatic amines is 1. The van der Waals surface area contributed by atoms with Crippen LogP contribution < -0.4 is 15.6 Å². The quantitative estimate of drug-likeness (QED) is 0.647. The lowest BCUT2D eigenvalue weighted by atomic mass is 9.87. The van der Waals surface area contributed by atoms with Gasteiger partial charge in [0.25, 0.3) is 5.56 Å². The molecule has 0 radical (unpaired) electrons. The first-order valence-corrected chi connectivity index (χ1v) is 9.04. The Morgan fingerprint density at radius 1 is 1.11 bits per heavy atom. The normalized spacial score (nSPS) is 11.3. The summed E-state index contributed by atoms with van der Waals surface area (Å²) < 4.78 is 5.76. The average Bonchev–Trinajstić information content (AvgIpc) is 2.61. The van der Waals surface area contributed by atoms with Gasteiger partial charge in [-0.3, -0.25) is 4.79 Å². The number of aromatic nitrogens is 2. The molecule has 0 aliphatic heterocycles. The Morgan fingerprint density at radius 3 is 2.48 bits per heavy atom. The molecule has 0 spiro atoms. The summed E-state index contributed by atoms with van der Waals surface area (Å²) in [4.78, 5) is 19.0. The smallest absolute Gasteiger partial charge is 0.253 e. The standard InChI is InChI=1S/C21H22ClN3O2/c1-21(2,3)14-8-10-15(11-9-14)27-13-19-24-18(12-20(26)25-19)23-17-7-5-4-6-16(17)22/h4-12H,13H2,1-3H3,(H2,23,24,25,26). The molecule has 1 aromatic heterocycles. The lowest BCUT2D eigenvalue weighted by Gasteiger charge is -2.19. The van der Waals surface area contributed by atoms with Crippen LogP contribution in [0.15, 0.2) is 59.4 Å². The van der Waals surface area contributed by atoms with Gasteiger partial charge in [0, 0.05) is 6.07 Å². The highest BCUT2D eigenvalue weighted by molar-refractivity contribution is 6.33. The third-order valence-corrected chi connectivity index (χ3v) is 4.35. The Bertz CT molecular complexity index is 976. The van der Waals surface area contributed by atoms with Crippen LogP contribution in [0.3, 0.4) is 0 Å². The maximum absolute atomic E-state index is 11.9. The van der Waals surface area contributed by atoms with Crippen LogP contribution in [0.2, 0.25) is 5.02 Å². The van der Waals surface area contributed by atoms with E-state index in [9.17, 15) is 4.79 Å². The van der Waals surface area contributed by atoms with Crippen molar-refractivity contribution in [3.63, 3.8) is 0 Å². The number of H-pyrrole nitrogens is 1. The Balaban J connectivity index is 1.71. The van der Waals surface area contributed by atoms with E-state index in [0.717, 1.165) is 5.75 Å². The molecule has 2 N–H and O–H groups in total. The van der Waals surface area contributed by atoms with Gasteiger partial charge in [-0.2, -0.15) is 0 Å². The minimum absolute atomic E-state index is 0.0873. The van der Waals surface area contributed by atoms with Crippen molar-refractivity contribution < 1.29 is 4.74 Å². The fourth-order valence-corrected chi connectivity index (χ4v) is 2.73. The summed E-state index contributed by atoms with van der Waals surface area (Å²) in [6.45, 7) is 6.64. The van der Waals surface area contributed by atoms with Gasteiger partial charge in [0.05, 0.1) is 10.7 Å². The Hall–Kier alpha value is -2.79. The number of nitrogens with one attached hydrogen (secondary N) is 2. The Kier molecular flexibility index (Phi) is 5.51. The molecular weight excluding hydrogens is 362 g/mol. The minimum atomic E-state index is -0.263. The summed E-state index contributed by atoms with van der Waals surface area (Å²) in [5.41, 5.74) is 1.74. The van der Waals surface area contributed by atoms with Crippen molar-refractivity contribution in [1.29, 1.82) is 0 Å². The molecule has 0 aliphatic carbocycles. The van der Waals surface area contributed by atoms with Crippen LogP contribution in [0, 0.1) is 0 Å². The van der Waals surface area contributed by atoms with Crippen molar-refractivity contribution in [2.75, 3.05) is 5.32 Å². The molecule has 27 heavy (non-hydrogen) atoms. The number of hydrogen-bond acceptors (Lipinski definition) is 4. The molecule has 0 saturated heterocycles. The lowest BCUT2D eigenvalue weighted by molar-refractivity contribution is 0.295. The van der Waals surface area contributed by atoms with Gasteiger partial charge in [0.1, 0.15) is 24.0 Å². The molecule has 140 valence electrons. The second-order valence-electron chi connectivity index (χ2n) is 7.25. The predicted octanol–water partition coefficient (Wildman–Crippen LogP) is 5.04. The Labute approximate surface area is 163 Å². The molecule has 0 atom stereocenters. The maximum Gasteiger partial charge on any atom is 0.253 e. The van der Waals surface area contributed by atoms with E-state index >= 15 is 0 Å². The van der Waals surface area contributed by atoms with Crippen molar-refractivity contribution >= 4 is 23.1 Å². The molecule has 0 amide bonds. The fourth-order valence-electron chi connectivity index (χ4n) is 2.54. The van der Waals surface area contributed by atoms with E-state index in [0.29, 0.717) is 22.4 Å². The highest BCUT2D eigenvalue weighted by Gasteiger charge is 2.13. The SMILES string of the molecule is CC(C)(C)c1ccc(OCc2nc(Nc3ccccc3Cl)cc(=O)[nH]2)cc1. The summed E-state index contributed by atoms with van der Waals surface area (Å²) >= 11 is 6.14. The van der Waals surface area contributed by atoms with E-state index in [1.54, 1.807) is 6.07 Å². The molecular formula is C21H22ClN3O2. The highest BCUT2D eigenvalue weighted by Crippen LogP contribution is 2.25. The van der Waals surface area contributed by atoms with Gasteiger partial charge in [-0.25, -0.2) is 4.98 Å². The third-order valence-electron chi connectivity index (χ3n) is 4.02. The van der Waals surface area contributed by atoms with E-state index in [-0.39, 0.29) is 17.6 Å². The molecule has 0 aliphatic rings. The van der Waals surface area contributed by atoms with Gasteiger partial charge < -0.3 is 15.0 Å². The Morgan fingerprint density at radius 2 is 1.81 bits per heavy atom. The summed E-state index contributed by atoms with van der Waals surface area (Å²) in [5.74, 6) is 1.56. The summed E-state index contributed by atoms with van der Waals surface area (Å²) in [7, 11) is 0. The van der Waals surface area contributed by atoms with Crippen LogP contribution in [0.5, 0.6) is 5.75 Å². The van der Waals surface area contributed by atoms with Crippen molar-refractivity contribution in [2.24, 2.45) is 0 Å². The third kappa shape index (κ3) is 5.11. The number of benzene rings is 2. The van der Waals surface area contributed by atoms with Crippen LogP contribution >= 0.6 is 11.6 Å². The molecule has 0 unspecified atom stereocenters. The van der Waals surface area contributed by atoms with Gasteiger partial charge in [-0.05, 0) is 35.2 Å². The molecule has 5 nitrogen and oxygen atoms in total. The molecule has 3 aromatic rings. The van der Waals surface area contributed by atoms with Crippen molar-refractivity contribution in [1.82, 2.24) is 9.97 Å². The summed E-state index contributed by atoms with van der Waals surface area (Å²) in [6, 6.07) is 16.6. The molecule has 3 rings (SSSR count). The number of rotatable bonds is 5. The van der Waals surface area contributed by atoms with Crippen molar-refractivity contribution in [3.05, 3.63) is 81.4 Å². The van der Waals surface area contributed by atoms with Gasteiger partial charge in [-0.1, -0.05) is 56.6 Å². The van der Waals surface area contributed by atoms with Crippen molar-refractivity contribution in [3.8, 4) is 5.75 Å². The van der Waals surface area contributed by atoms with Gasteiger partial charge in [0.2, 0.25) is 0 Å². The van der Waals surface area contributed by atoms with E-state index < -0.39 is 0 Å². The first-order chi connectivity index (χ1) is 12.8. The van der Waals surface area contributed by atoms with Crippen LogP contribution in [0.25, 0.3) is 0 Å². The lowest BCUT2D eigenvalue weighted by Crippen LogP contribution is -2.14. The molecule has 0 saturated carbocycles. The fraction of sp³-hybridized carbons (Fsp3) is 0.238. The van der Waals surface area contributed by atoms with Gasteiger partial charge in [0.15, 0.2) is 0 Å². The van der Waals surface area contributed by atoms with Crippen LogP contribution in [0.4, 0.5) is 11.5 Å². The monoisotopic (exact) mass is 383 g/mol.